The van der Waals surface area contributed by atoms with Crippen LogP contribution in [0.2, 0.25) is 0 Å². The maximum Gasteiger partial charge on any atom is 0.0615 e. The fourth-order valence-electron chi connectivity index (χ4n) is 2.37. The number of rotatable bonds is 2. The molecule has 2 rings (SSSR count). The Bertz CT molecular complexity index is 339. The first-order valence-electron chi connectivity index (χ1n) is 6.77. The maximum atomic E-state index is 5.78. The van der Waals surface area contributed by atoms with Crippen LogP contribution in [0.5, 0.6) is 0 Å². The highest BCUT2D eigenvalue weighted by molar-refractivity contribution is 5.27. The highest BCUT2D eigenvalue weighted by Gasteiger charge is 2.16. The molecule has 0 radical (unpaired) electrons. The van der Waals surface area contributed by atoms with Crippen molar-refractivity contribution in [2.75, 3.05) is 6.61 Å². The van der Waals surface area contributed by atoms with Crippen molar-refractivity contribution in [3.8, 4) is 0 Å². The summed E-state index contributed by atoms with van der Waals surface area (Å²) >= 11 is 0. The van der Waals surface area contributed by atoms with Gasteiger partial charge in [0.1, 0.15) is 0 Å². The van der Waals surface area contributed by atoms with E-state index >= 15 is 0 Å². The molecular formula is C16H24O. The Balaban J connectivity index is 1.98. The van der Waals surface area contributed by atoms with Gasteiger partial charge in [-0.2, -0.15) is 0 Å². The monoisotopic (exact) mass is 232 g/mol. The quantitative estimate of drug-likeness (QED) is 0.746. The predicted octanol–water partition coefficient (Wildman–Crippen LogP) is 4.10. The van der Waals surface area contributed by atoms with E-state index in [1.165, 1.54) is 30.4 Å². The highest BCUT2D eigenvalue weighted by atomic mass is 16.5. The van der Waals surface area contributed by atoms with Gasteiger partial charge >= 0.3 is 0 Å². The van der Waals surface area contributed by atoms with Gasteiger partial charge in [-0.1, -0.05) is 45.0 Å². The Hall–Kier alpha value is -0.820. The molecule has 1 aromatic carbocycles. The lowest BCUT2D eigenvalue weighted by Crippen LogP contribution is -2.21. The number of ether oxygens (including phenoxy) is 1. The normalized spacial score (nSPS) is 21.5. The molecule has 0 N–H and O–H groups in total. The summed E-state index contributed by atoms with van der Waals surface area (Å²) < 4.78 is 5.78. The number of hydrogen-bond acceptors (Lipinski definition) is 1. The minimum Gasteiger partial charge on any atom is -0.378 e. The fraction of sp³-hybridized carbons (Fsp3) is 0.625. The molecule has 1 aliphatic rings. The van der Waals surface area contributed by atoms with Gasteiger partial charge in [0.05, 0.1) is 6.10 Å². The molecule has 1 heteroatoms. The first-order valence-corrected chi connectivity index (χ1v) is 6.77. The molecule has 0 bridgehead atoms. The molecule has 1 heterocycles. The predicted molar refractivity (Wildman–Crippen MR) is 72.4 cm³/mol. The molecule has 0 aliphatic carbocycles. The van der Waals surface area contributed by atoms with Crippen LogP contribution in [0.15, 0.2) is 24.3 Å². The van der Waals surface area contributed by atoms with Crippen molar-refractivity contribution in [2.45, 2.75) is 58.0 Å². The molecule has 0 saturated carbocycles. The van der Waals surface area contributed by atoms with Gasteiger partial charge in [0, 0.05) is 6.61 Å². The van der Waals surface area contributed by atoms with Crippen molar-refractivity contribution < 1.29 is 4.74 Å². The van der Waals surface area contributed by atoms with E-state index in [1.807, 2.05) is 0 Å². The molecule has 1 aromatic rings. The van der Waals surface area contributed by atoms with Gasteiger partial charge in [-0.3, -0.25) is 0 Å². The van der Waals surface area contributed by atoms with Gasteiger partial charge in [0.2, 0.25) is 0 Å². The van der Waals surface area contributed by atoms with E-state index in [0.29, 0.717) is 6.10 Å². The molecule has 0 aromatic heterocycles. The Morgan fingerprint density at radius 2 is 1.82 bits per heavy atom. The zero-order valence-electron chi connectivity index (χ0n) is 11.3. The summed E-state index contributed by atoms with van der Waals surface area (Å²) in [5, 5.41) is 0. The van der Waals surface area contributed by atoms with Crippen LogP contribution in [0.3, 0.4) is 0 Å². The van der Waals surface area contributed by atoms with E-state index in [9.17, 15) is 0 Å². The molecule has 1 atom stereocenters. The van der Waals surface area contributed by atoms with Crippen molar-refractivity contribution in [2.24, 2.45) is 0 Å². The standard InChI is InChI=1S/C16H24O/c1-16(2,3)14-9-7-13(8-10-14)12-15-6-4-5-11-17-15/h7-10,15H,4-6,11-12H2,1-3H3. The van der Waals surface area contributed by atoms with Gasteiger partial charge in [-0.05, 0) is 42.2 Å². The summed E-state index contributed by atoms with van der Waals surface area (Å²) in [6.45, 7) is 7.72. The van der Waals surface area contributed by atoms with Crippen LogP contribution in [0.4, 0.5) is 0 Å². The van der Waals surface area contributed by atoms with Crippen LogP contribution >= 0.6 is 0 Å². The first kappa shape index (κ1) is 12.6. The average molecular weight is 232 g/mol. The molecule has 1 aliphatic heterocycles. The summed E-state index contributed by atoms with van der Waals surface area (Å²) in [6, 6.07) is 9.05. The molecule has 17 heavy (non-hydrogen) atoms. The lowest BCUT2D eigenvalue weighted by Gasteiger charge is -2.23. The minimum atomic E-state index is 0.250. The summed E-state index contributed by atoms with van der Waals surface area (Å²) in [5.74, 6) is 0. The van der Waals surface area contributed by atoms with Gasteiger partial charge < -0.3 is 4.74 Å². The Morgan fingerprint density at radius 3 is 2.35 bits per heavy atom. The summed E-state index contributed by atoms with van der Waals surface area (Å²) in [5.41, 5.74) is 3.07. The van der Waals surface area contributed by atoms with Gasteiger partial charge in [0.15, 0.2) is 0 Å². The minimum absolute atomic E-state index is 0.250. The molecule has 0 amide bonds. The van der Waals surface area contributed by atoms with Crippen molar-refractivity contribution in [1.82, 2.24) is 0 Å². The smallest absolute Gasteiger partial charge is 0.0615 e. The fourth-order valence-corrected chi connectivity index (χ4v) is 2.37. The van der Waals surface area contributed by atoms with Crippen molar-refractivity contribution in [1.29, 1.82) is 0 Å². The zero-order valence-corrected chi connectivity index (χ0v) is 11.3. The molecule has 0 spiro atoms. The molecule has 1 nitrogen and oxygen atoms in total. The third-order valence-electron chi connectivity index (χ3n) is 3.56. The van der Waals surface area contributed by atoms with E-state index in [4.69, 9.17) is 4.74 Å². The Kier molecular flexibility index (Phi) is 3.88. The van der Waals surface area contributed by atoms with Crippen LogP contribution in [0.1, 0.15) is 51.2 Å². The first-order chi connectivity index (χ1) is 8.05. The van der Waals surface area contributed by atoms with Crippen LogP contribution in [0, 0.1) is 0 Å². The van der Waals surface area contributed by atoms with Crippen LogP contribution < -0.4 is 0 Å². The lowest BCUT2D eigenvalue weighted by molar-refractivity contribution is 0.0168. The second-order valence-electron chi connectivity index (χ2n) is 6.14. The lowest BCUT2D eigenvalue weighted by atomic mass is 9.86. The molecular weight excluding hydrogens is 208 g/mol. The number of hydrogen-bond donors (Lipinski definition) is 0. The molecule has 1 fully saturated rings. The van der Waals surface area contributed by atoms with Crippen molar-refractivity contribution in [3.63, 3.8) is 0 Å². The third kappa shape index (κ3) is 3.57. The summed E-state index contributed by atoms with van der Waals surface area (Å²) in [4.78, 5) is 0. The maximum absolute atomic E-state index is 5.78. The van der Waals surface area contributed by atoms with Crippen molar-refractivity contribution in [3.05, 3.63) is 35.4 Å². The van der Waals surface area contributed by atoms with E-state index in [1.54, 1.807) is 0 Å². The van der Waals surface area contributed by atoms with Gasteiger partial charge in [-0.15, -0.1) is 0 Å². The van der Waals surface area contributed by atoms with Crippen molar-refractivity contribution >= 4 is 0 Å². The third-order valence-corrected chi connectivity index (χ3v) is 3.56. The highest BCUT2D eigenvalue weighted by Crippen LogP contribution is 2.23. The van der Waals surface area contributed by atoms with Crippen LogP contribution in [-0.2, 0) is 16.6 Å². The summed E-state index contributed by atoms with van der Waals surface area (Å²) in [6.07, 6.45) is 5.31. The zero-order chi connectivity index (χ0) is 12.3. The second kappa shape index (κ2) is 5.22. The Morgan fingerprint density at radius 1 is 1.12 bits per heavy atom. The van der Waals surface area contributed by atoms with E-state index < -0.39 is 0 Å². The number of benzene rings is 1. The van der Waals surface area contributed by atoms with E-state index in [0.717, 1.165) is 13.0 Å². The van der Waals surface area contributed by atoms with Crippen LogP contribution in [0.25, 0.3) is 0 Å². The second-order valence-corrected chi connectivity index (χ2v) is 6.14. The Labute approximate surface area is 105 Å². The molecule has 1 saturated heterocycles. The van der Waals surface area contributed by atoms with Gasteiger partial charge in [0.25, 0.3) is 0 Å². The molecule has 1 unspecified atom stereocenters. The van der Waals surface area contributed by atoms with E-state index in [-0.39, 0.29) is 5.41 Å². The largest absolute Gasteiger partial charge is 0.378 e. The molecule has 94 valence electrons. The average Bonchev–Trinajstić information content (AvgIpc) is 2.30. The summed E-state index contributed by atoms with van der Waals surface area (Å²) in [7, 11) is 0. The van der Waals surface area contributed by atoms with Crippen LogP contribution in [-0.4, -0.2) is 12.7 Å². The SMILES string of the molecule is CC(C)(C)c1ccc(CC2CCCCO2)cc1. The topological polar surface area (TPSA) is 9.23 Å². The van der Waals surface area contributed by atoms with Gasteiger partial charge in [-0.25, -0.2) is 0 Å². The van der Waals surface area contributed by atoms with E-state index in [2.05, 4.69) is 45.0 Å².